The first-order valence-corrected chi connectivity index (χ1v) is 8.76. The van der Waals surface area contributed by atoms with Crippen LogP contribution in [0, 0.1) is 6.92 Å². The zero-order valence-electron chi connectivity index (χ0n) is 11.2. The van der Waals surface area contributed by atoms with Gasteiger partial charge in [0.25, 0.3) is 10.0 Å². The lowest BCUT2D eigenvalue weighted by molar-refractivity contribution is 0.600. The van der Waals surface area contributed by atoms with Crippen LogP contribution in [0.2, 0.25) is 5.02 Å². The minimum atomic E-state index is -3.73. The zero-order chi connectivity index (χ0) is 15.6. The Kier molecular flexibility index (Phi) is 4.93. The van der Waals surface area contributed by atoms with Gasteiger partial charge < -0.3 is 5.73 Å². The molecule has 3 N–H and O–H groups in total. The van der Waals surface area contributed by atoms with Gasteiger partial charge in [0.15, 0.2) is 0 Å². The van der Waals surface area contributed by atoms with Crippen LogP contribution in [0.1, 0.15) is 11.1 Å². The molecule has 0 aliphatic heterocycles. The molecule has 0 aliphatic rings. The number of hydrogen-bond donors (Lipinski definition) is 2. The van der Waals surface area contributed by atoms with Gasteiger partial charge in [-0.05, 0) is 58.2 Å². The van der Waals surface area contributed by atoms with Gasteiger partial charge in [-0.1, -0.05) is 23.7 Å². The molecule has 0 amide bonds. The number of anilines is 1. The van der Waals surface area contributed by atoms with Gasteiger partial charge in [-0.3, -0.25) is 4.72 Å². The quantitative estimate of drug-likeness (QED) is 0.838. The number of rotatable bonds is 4. The highest BCUT2D eigenvalue weighted by Crippen LogP contribution is 2.29. The molecular formula is C14H14BrClN2O2S. The molecule has 0 heterocycles. The first-order valence-electron chi connectivity index (χ1n) is 6.11. The zero-order valence-corrected chi connectivity index (χ0v) is 14.4. The average Bonchev–Trinajstić information content (AvgIpc) is 2.42. The minimum Gasteiger partial charge on any atom is -0.326 e. The van der Waals surface area contributed by atoms with Gasteiger partial charge >= 0.3 is 0 Å². The summed E-state index contributed by atoms with van der Waals surface area (Å²) in [6.45, 7) is 2.20. The van der Waals surface area contributed by atoms with Crippen molar-refractivity contribution in [3.63, 3.8) is 0 Å². The topological polar surface area (TPSA) is 72.2 Å². The van der Waals surface area contributed by atoms with Crippen molar-refractivity contribution in [1.29, 1.82) is 0 Å². The second-order valence-corrected chi connectivity index (χ2v) is 7.47. The number of sulfonamides is 1. The molecule has 0 aromatic heterocycles. The molecule has 0 unspecified atom stereocenters. The average molecular weight is 390 g/mol. The third kappa shape index (κ3) is 3.77. The Morgan fingerprint density at radius 2 is 1.95 bits per heavy atom. The van der Waals surface area contributed by atoms with Gasteiger partial charge in [-0.2, -0.15) is 0 Å². The smallest absolute Gasteiger partial charge is 0.263 e. The van der Waals surface area contributed by atoms with E-state index >= 15 is 0 Å². The van der Waals surface area contributed by atoms with Gasteiger partial charge in [-0.15, -0.1) is 0 Å². The molecule has 2 aromatic carbocycles. The van der Waals surface area contributed by atoms with E-state index in [2.05, 4.69) is 20.7 Å². The van der Waals surface area contributed by atoms with Crippen LogP contribution < -0.4 is 10.5 Å². The fourth-order valence-corrected chi connectivity index (χ4v) is 4.22. The SMILES string of the molecule is Cc1ccc(Cl)c(NS(=O)(=O)c2ccc(CN)cc2Br)c1. The highest BCUT2D eigenvalue weighted by atomic mass is 79.9. The van der Waals surface area contributed by atoms with E-state index in [-0.39, 0.29) is 4.90 Å². The molecule has 112 valence electrons. The van der Waals surface area contributed by atoms with Crippen molar-refractivity contribution < 1.29 is 8.42 Å². The van der Waals surface area contributed by atoms with Gasteiger partial charge in [0.2, 0.25) is 0 Å². The molecule has 4 nitrogen and oxygen atoms in total. The van der Waals surface area contributed by atoms with Crippen LogP contribution in [-0.4, -0.2) is 8.42 Å². The lowest BCUT2D eigenvalue weighted by Crippen LogP contribution is -2.14. The summed E-state index contributed by atoms with van der Waals surface area (Å²) in [6, 6.07) is 10.0. The molecule has 7 heteroatoms. The summed E-state index contributed by atoms with van der Waals surface area (Å²) < 4.78 is 27.9. The van der Waals surface area contributed by atoms with E-state index in [1.807, 2.05) is 13.0 Å². The Hall–Kier alpha value is -1.08. The van der Waals surface area contributed by atoms with E-state index in [1.54, 1.807) is 24.3 Å². The fourth-order valence-electron chi connectivity index (χ4n) is 1.81. The Morgan fingerprint density at radius 1 is 1.24 bits per heavy atom. The van der Waals surface area contributed by atoms with Crippen molar-refractivity contribution >= 4 is 43.2 Å². The Labute approximate surface area is 137 Å². The predicted octanol–water partition coefficient (Wildman–Crippen LogP) is 3.67. The van der Waals surface area contributed by atoms with E-state index in [9.17, 15) is 8.42 Å². The number of hydrogen-bond acceptors (Lipinski definition) is 3. The van der Waals surface area contributed by atoms with Crippen LogP contribution in [0.25, 0.3) is 0 Å². The maximum atomic E-state index is 12.5. The van der Waals surface area contributed by atoms with Crippen LogP contribution in [0.3, 0.4) is 0 Å². The number of halogens is 2. The lowest BCUT2D eigenvalue weighted by Gasteiger charge is -2.12. The standard InChI is InChI=1S/C14H14BrClN2O2S/c1-9-2-4-12(16)13(6-9)18-21(19,20)14-5-3-10(8-17)7-11(14)15/h2-7,18H,8,17H2,1H3. The van der Waals surface area contributed by atoms with Crippen molar-refractivity contribution in [3.05, 3.63) is 57.0 Å². The Morgan fingerprint density at radius 3 is 2.57 bits per heavy atom. The molecule has 0 saturated heterocycles. The predicted molar refractivity (Wildman–Crippen MR) is 89.0 cm³/mol. The van der Waals surface area contributed by atoms with E-state index < -0.39 is 10.0 Å². The number of nitrogens with one attached hydrogen (secondary N) is 1. The summed E-state index contributed by atoms with van der Waals surface area (Å²) in [5.74, 6) is 0. The number of aryl methyl sites for hydroxylation is 1. The summed E-state index contributed by atoms with van der Waals surface area (Å²) in [6.07, 6.45) is 0. The number of benzene rings is 2. The van der Waals surface area contributed by atoms with Crippen molar-refractivity contribution in [1.82, 2.24) is 0 Å². The third-order valence-corrected chi connectivity index (χ3v) is 5.56. The normalized spacial score (nSPS) is 11.4. The van der Waals surface area contributed by atoms with E-state index in [1.165, 1.54) is 6.07 Å². The molecule has 21 heavy (non-hydrogen) atoms. The maximum absolute atomic E-state index is 12.5. The van der Waals surface area contributed by atoms with Gasteiger partial charge in [0, 0.05) is 11.0 Å². The lowest BCUT2D eigenvalue weighted by atomic mass is 10.2. The van der Waals surface area contributed by atoms with Crippen LogP contribution >= 0.6 is 27.5 Å². The van der Waals surface area contributed by atoms with Crippen molar-refractivity contribution in [2.45, 2.75) is 18.4 Å². The van der Waals surface area contributed by atoms with Gasteiger partial charge in [0.1, 0.15) is 4.90 Å². The maximum Gasteiger partial charge on any atom is 0.263 e. The molecule has 0 bridgehead atoms. The Balaban J connectivity index is 2.41. The van der Waals surface area contributed by atoms with Crippen molar-refractivity contribution in [2.24, 2.45) is 5.73 Å². The molecule has 0 fully saturated rings. The van der Waals surface area contributed by atoms with E-state index in [0.717, 1.165) is 11.1 Å². The molecule has 0 atom stereocenters. The molecule has 2 rings (SSSR count). The third-order valence-electron chi connectivity index (χ3n) is 2.89. The highest BCUT2D eigenvalue weighted by molar-refractivity contribution is 9.10. The van der Waals surface area contributed by atoms with Crippen LogP contribution in [0.15, 0.2) is 45.8 Å². The molecule has 0 saturated carbocycles. The summed E-state index contributed by atoms with van der Waals surface area (Å²) in [5, 5.41) is 0.346. The molecule has 2 aromatic rings. The summed E-state index contributed by atoms with van der Waals surface area (Å²) >= 11 is 9.28. The minimum absolute atomic E-state index is 0.136. The molecular weight excluding hydrogens is 376 g/mol. The summed E-state index contributed by atoms with van der Waals surface area (Å²) in [4.78, 5) is 0.136. The first kappa shape index (κ1) is 16.3. The van der Waals surface area contributed by atoms with E-state index in [4.69, 9.17) is 17.3 Å². The second kappa shape index (κ2) is 6.36. The molecule has 0 spiro atoms. The summed E-state index contributed by atoms with van der Waals surface area (Å²) in [7, 11) is -3.73. The molecule has 0 aliphatic carbocycles. The summed E-state index contributed by atoms with van der Waals surface area (Å²) in [5.41, 5.74) is 7.64. The van der Waals surface area contributed by atoms with Crippen LogP contribution in [0.5, 0.6) is 0 Å². The van der Waals surface area contributed by atoms with Crippen molar-refractivity contribution in [3.8, 4) is 0 Å². The first-order chi connectivity index (χ1) is 9.83. The van der Waals surface area contributed by atoms with Gasteiger partial charge in [0.05, 0.1) is 10.7 Å². The van der Waals surface area contributed by atoms with Crippen molar-refractivity contribution in [2.75, 3.05) is 4.72 Å². The fraction of sp³-hybridized carbons (Fsp3) is 0.143. The Bertz CT molecular complexity index is 779. The monoisotopic (exact) mass is 388 g/mol. The highest BCUT2D eigenvalue weighted by Gasteiger charge is 2.19. The largest absolute Gasteiger partial charge is 0.326 e. The molecule has 0 radical (unpaired) electrons. The van der Waals surface area contributed by atoms with Crippen LogP contribution in [-0.2, 0) is 16.6 Å². The second-order valence-electron chi connectivity index (χ2n) is 4.56. The van der Waals surface area contributed by atoms with Crippen LogP contribution in [0.4, 0.5) is 5.69 Å². The number of nitrogens with two attached hydrogens (primary N) is 1. The van der Waals surface area contributed by atoms with Gasteiger partial charge in [-0.25, -0.2) is 8.42 Å². The van der Waals surface area contributed by atoms with E-state index in [0.29, 0.717) is 21.7 Å².